The van der Waals surface area contributed by atoms with Gasteiger partial charge >= 0.3 is 0 Å². The third kappa shape index (κ3) is 3.61. The van der Waals surface area contributed by atoms with E-state index < -0.39 is 0 Å². The zero-order chi connectivity index (χ0) is 16.1. The maximum absolute atomic E-state index is 13.5. The van der Waals surface area contributed by atoms with E-state index in [2.05, 4.69) is 10.3 Å². The van der Waals surface area contributed by atoms with Crippen LogP contribution in [0.2, 0.25) is 0 Å². The van der Waals surface area contributed by atoms with Gasteiger partial charge in [0.05, 0.1) is 11.3 Å². The molecule has 114 valence electrons. The first-order valence-electron chi connectivity index (χ1n) is 7.27. The third-order valence-electron chi connectivity index (χ3n) is 3.49. The van der Waals surface area contributed by atoms with Crippen molar-refractivity contribution in [2.24, 2.45) is 0 Å². The molecule has 0 radical (unpaired) electrons. The van der Waals surface area contributed by atoms with Gasteiger partial charge in [0, 0.05) is 23.9 Å². The lowest BCUT2D eigenvalue weighted by molar-refractivity contribution is 0.0950. The molecule has 0 saturated carbocycles. The Morgan fingerprint density at radius 1 is 0.957 bits per heavy atom. The number of aromatic nitrogens is 1. The number of hydrogen-bond acceptors (Lipinski definition) is 2. The Kier molecular flexibility index (Phi) is 4.43. The second-order valence-electron chi connectivity index (χ2n) is 5.07. The van der Waals surface area contributed by atoms with Crippen molar-refractivity contribution in [3.63, 3.8) is 0 Å². The van der Waals surface area contributed by atoms with E-state index in [-0.39, 0.29) is 18.3 Å². The van der Waals surface area contributed by atoms with E-state index in [0.717, 1.165) is 11.3 Å². The average molecular weight is 306 g/mol. The predicted molar refractivity (Wildman–Crippen MR) is 87.2 cm³/mol. The lowest BCUT2D eigenvalue weighted by atomic mass is 10.1. The number of carbonyl (C=O) groups is 1. The van der Waals surface area contributed by atoms with Gasteiger partial charge in [-0.15, -0.1) is 0 Å². The fraction of sp³-hybridized carbons (Fsp3) is 0.0526. The van der Waals surface area contributed by atoms with E-state index in [1.165, 1.54) is 12.3 Å². The Balaban J connectivity index is 1.67. The van der Waals surface area contributed by atoms with Gasteiger partial charge < -0.3 is 5.32 Å². The number of rotatable bonds is 4. The van der Waals surface area contributed by atoms with Crippen molar-refractivity contribution in [3.8, 4) is 11.3 Å². The molecular formula is C19H15FN2O. The molecule has 1 aromatic heterocycles. The highest BCUT2D eigenvalue weighted by atomic mass is 19.1. The van der Waals surface area contributed by atoms with Crippen LogP contribution in [0, 0.1) is 5.82 Å². The summed E-state index contributed by atoms with van der Waals surface area (Å²) in [5.41, 5.74) is 2.69. The molecule has 0 spiro atoms. The number of carbonyl (C=O) groups excluding carboxylic acids is 1. The van der Waals surface area contributed by atoms with Gasteiger partial charge in [-0.2, -0.15) is 0 Å². The molecule has 0 aliphatic carbocycles. The summed E-state index contributed by atoms with van der Waals surface area (Å²) in [5, 5.41) is 2.70. The molecule has 3 nitrogen and oxygen atoms in total. The summed E-state index contributed by atoms with van der Waals surface area (Å²) in [5.74, 6) is -0.606. The zero-order valence-corrected chi connectivity index (χ0v) is 12.4. The van der Waals surface area contributed by atoms with Crippen molar-refractivity contribution < 1.29 is 9.18 Å². The molecule has 23 heavy (non-hydrogen) atoms. The van der Waals surface area contributed by atoms with Crippen molar-refractivity contribution >= 4 is 5.91 Å². The van der Waals surface area contributed by atoms with E-state index in [9.17, 15) is 9.18 Å². The fourth-order valence-electron chi connectivity index (χ4n) is 2.23. The molecule has 0 fully saturated rings. The second-order valence-corrected chi connectivity index (χ2v) is 5.07. The van der Waals surface area contributed by atoms with Crippen molar-refractivity contribution in [2.75, 3.05) is 0 Å². The molecule has 0 unspecified atom stereocenters. The molecule has 2 aromatic carbocycles. The van der Waals surface area contributed by atoms with Gasteiger partial charge in [0.25, 0.3) is 5.91 Å². The van der Waals surface area contributed by atoms with Crippen molar-refractivity contribution in [1.82, 2.24) is 10.3 Å². The quantitative estimate of drug-likeness (QED) is 0.796. The number of nitrogens with one attached hydrogen (secondary N) is 1. The number of benzene rings is 2. The first-order chi connectivity index (χ1) is 11.2. The molecule has 0 bridgehead atoms. The molecule has 0 aliphatic heterocycles. The predicted octanol–water partition coefficient (Wildman–Crippen LogP) is 3.82. The van der Waals surface area contributed by atoms with Crippen LogP contribution < -0.4 is 5.32 Å². The van der Waals surface area contributed by atoms with Crippen LogP contribution >= 0.6 is 0 Å². The number of halogens is 1. The van der Waals surface area contributed by atoms with Gasteiger partial charge in [0.2, 0.25) is 0 Å². The molecule has 0 atom stereocenters. The summed E-state index contributed by atoms with van der Waals surface area (Å²) in [7, 11) is 0. The molecule has 4 heteroatoms. The molecule has 3 aromatic rings. The lowest BCUT2D eigenvalue weighted by Gasteiger charge is -2.07. The summed E-state index contributed by atoms with van der Waals surface area (Å²) in [6.07, 6.45) is 1.53. The van der Waals surface area contributed by atoms with Gasteiger partial charge in [0.1, 0.15) is 5.82 Å². The van der Waals surface area contributed by atoms with Gasteiger partial charge in [-0.25, -0.2) is 4.39 Å². The number of amides is 1. The van der Waals surface area contributed by atoms with Gasteiger partial charge in [-0.3, -0.25) is 9.78 Å². The molecule has 0 aliphatic rings. The van der Waals surface area contributed by atoms with Gasteiger partial charge in [-0.1, -0.05) is 48.5 Å². The highest BCUT2D eigenvalue weighted by Crippen LogP contribution is 2.16. The normalized spacial score (nSPS) is 10.3. The molecule has 1 amide bonds. The maximum Gasteiger partial charge on any atom is 0.253 e. The molecule has 1 heterocycles. The van der Waals surface area contributed by atoms with Gasteiger partial charge in [-0.05, 0) is 18.2 Å². The monoisotopic (exact) mass is 306 g/mol. The standard InChI is InChI=1S/C19H15FN2O/c20-17-9-5-4-8-15(17)12-22-19(23)16-10-11-18(21-13-16)14-6-2-1-3-7-14/h1-11,13H,12H2,(H,22,23). The van der Waals surface area contributed by atoms with Crippen LogP contribution in [0.1, 0.15) is 15.9 Å². The maximum atomic E-state index is 13.5. The van der Waals surface area contributed by atoms with E-state index in [0.29, 0.717) is 11.1 Å². The smallest absolute Gasteiger partial charge is 0.253 e. The summed E-state index contributed by atoms with van der Waals surface area (Å²) in [6, 6.07) is 19.6. The Hall–Kier alpha value is -3.01. The molecular weight excluding hydrogens is 291 g/mol. The van der Waals surface area contributed by atoms with E-state index in [1.54, 1.807) is 30.3 Å². The topological polar surface area (TPSA) is 42.0 Å². The highest BCUT2D eigenvalue weighted by Gasteiger charge is 2.08. The summed E-state index contributed by atoms with van der Waals surface area (Å²) >= 11 is 0. The SMILES string of the molecule is O=C(NCc1ccccc1F)c1ccc(-c2ccccc2)nc1. The van der Waals surface area contributed by atoms with Crippen LogP contribution in [0.4, 0.5) is 4.39 Å². The zero-order valence-electron chi connectivity index (χ0n) is 12.4. The largest absolute Gasteiger partial charge is 0.348 e. The molecule has 1 N–H and O–H groups in total. The second kappa shape index (κ2) is 6.83. The summed E-state index contributed by atoms with van der Waals surface area (Å²) in [4.78, 5) is 16.4. The molecule has 3 rings (SSSR count). The van der Waals surface area contributed by atoms with Crippen LogP contribution in [-0.4, -0.2) is 10.9 Å². The molecule has 0 saturated heterocycles. The highest BCUT2D eigenvalue weighted by molar-refractivity contribution is 5.94. The Bertz CT molecular complexity index is 801. The van der Waals surface area contributed by atoms with Crippen LogP contribution in [0.15, 0.2) is 72.9 Å². The van der Waals surface area contributed by atoms with Crippen LogP contribution in [0.5, 0.6) is 0 Å². The average Bonchev–Trinajstić information content (AvgIpc) is 2.62. The van der Waals surface area contributed by atoms with E-state index in [1.807, 2.05) is 30.3 Å². The summed E-state index contributed by atoms with van der Waals surface area (Å²) in [6.45, 7) is 0.145. The lowest BCUT2D eigenvalue weighted by Crippen LogP contribution is -2.23. The number of pyridine rings is 1. The first-order valence-corrected chi connectivity index (χ1v) is 7.27. The van der Waals surface area contributed by atoms with Gasteiger partial charge in [0.15, 0.2) is 0 Å². The van der Waals surface area contributed by atoms with Crippen molar-refractivity contribution in [2.45, 2.75) is 6.54 Å². The Labute approximate surface area is 133 Å². The van der Waals surface area contributed by atoms with Crippen LogP contribution in [0.3, 0.4) is 0 Å². The summed E-state index contributed by atoms with van der Waals surface area (Å²) < 4.78 is 13.5. The number of nitrogens with zero attached hydrogens (tertiary/aromatic N) is 1. The number of hydrogen-bond donors (Lipinski definition) is 1. The minimum atomic E-state index is -0.328. The van der Waals surface area contributed by atoms with E-state index in [4.69, 9.17) is 0 Å². The minimum absolute atomic E-state index is 0.145. The minimum Gasteiger partial charge on any atom is -0.348 e. The van der Waals surface area contributed by atoms with Crippen molar-refractivity contribution in [1.29, 1.82) is 0 Å². The van der Waals surface area contributed by atoms with Crippen LogP contribution in [-0.2, 0) is 6.54 Å². The van der Waals surface area contributed by atoms with Crippen LogP contribution in [0.25, 0.3) is 11.3 Å². The Morgan fingerprint density at radius 3 is 2.39 bits per heavy atom. The fourth-order valence-corrected chi connectivity index (χ4v) is 2.23. The van der Waals surface area contributed by atoms with E-state index >= 15 is 0 Å². The Morgan fingerprint density at radius 2 is 1.70 bits per heavy atom. The third-order valence-corrected chi connectivity index (χ3v) is 3.49. The first kappa shape index (κ1) is 14.9. The van der Waals surface area contributed by atoms with Crippen molar-refractivity contribution in [3.05, 3.63) is 89.9 Å².